The van der Waals surface area contributed by atoms with E-state index in [9.17, 15) is 4.79 Å². The van der Waals surface area contributed by atoms with Crippen molar-refractivity contribution in [3.05, 3.63) is 65.2 Å². The second-order valence-electron chi connectivity index (χ2n) is 3.84. The quantitative estimate of drug-likeness (QED) is 0.488. The van der Waals surface area contributed by atoms with Crippen LogP contribution in [0.15, 0.2) is 53.4 Å². The van der Waals surface area contributed by atoms with Crippen molar-refractivity contribution in [3.63, 3.8) is 0 Å². The van der Waals surface area contributed by atoms with Crippen LogP contribution in [0.25, 0.3) is 0 Å². The fourth-order valence-corrected chi connectivity index (χ4v) is 1.74. The van der Waals surface area contributed by atoms with Crippen molar-refractivity contribution in [2.24, 2.45) is 0 Å². The maximum absolute atomic E-state index is 11.3. The SMILES string of the molecule is COC(=O)c1ccc(C#Cc2ccccc2S)cc1. The molecule has 0 bridgehead atoms. The maximum Gasteiger partial charge on any atom is 0.337 e. The number of benzene rings is 2. The predicted molar refractivity (Wildman–Crippen MR) is 77.5 cm³/mol. The first-order valence-electron chi connectivity index (χ1n) is 5.69. The molecule has 0 spiro atoms. The molecule has 0 radical (unpaired) electrons. The van der Waals surface area contributed by atoms with Crippen LogP contribution in [0.4, 0.5) is 0 Å². The molecule has 0 saturated carbocycles. The Morgan fingerprint density at radius 2 is 1.74 bits per heavy atom. The van der Waals surface area contributed by atoms with Gasteiger partial charge in [0, 0.05) is 16.0 Å². The number of carbonyl (C=O) groups excluding carboxylic acids is 1. The summed E-state index contributed by atoms with van der Waals surface area (Å²) in [5, 5.41) is 0. The smallest absolute Gasteiger partial charge is 0.337 e. The first-order chi connectivity index (χ1) is 9.20. The van der Waals surface area contributed by atoms with E-state index in [1.54, 1.807) is 24.3 Å². The molecule has 2 rings (SSSR count). The van der Waals surface area contributed by atoms with E-state index in [1.165, 1.54) is 7.11 Å². The van der Waals surface area contributed by atoms with Gasteiger partial charge >= 0.3 is 5.97 Å². The average molecular weight is 268 g/mol. The van der Waals surface area contributed by atoms with Crippen molar-refractivity contribution in [2.45, 2.75) is 4.90 Å². The summed E-state index contributed by atoms with van der Waals surface area (Å²) in [5.74, 6) is 5.74. The van der Waals surface area contributed by atoms with E-state index in [4.69, 9.17) is 0 Å². The van der Waals surface area contributed by atoms with Gasteiger partial charge in [0.15, 0.2) is 0 Å². The summed E-state index contributed by atoms with van der Waals surface area (Å²) in [6, 6.07) is 14.6. The topological polar surface area (TPSA) is 26.3 Å². The number of thiol groups is 1. The molecule has 19 heavy (non-hydrogen) atoms. The summed E-state index contributed by atoms with van der Waals surface area (Å²) in [5.41, 5.74) is 2.23. The molecule has 2 aromatic carbocycles. The minimum absolute atomic E-state index is 0.347. The van der Waals surface area contributed by atoms with Crippen molar-refractivity contribution in [2.75, 3.05) is 7.11 Å². The lowest BCUT2D eigenvalue weighted by Crippen LogP contribution is -2.00. The predicted octanol–water partition coefficient (Wildman–Crippen LogP) is 3.16. The molecule has 0 aliphatic rings. The number of methoxy groups -OCH3 is 1. The van der Waals surface area contributed by atoms with Gasteiger partial charge in [-0.1, -0.05) is 24.0 Å². The monoisotopic (exact) mass is 268 g/mol. The van der Waals surface area contributed by atoms with Gasteiger partial charge in [0.2, 0.25) is 0 Å². The first-order valence-corrected chi connectivity index (χ1v) is 6.14. The van der Waals surface area contributed by atoms with Crippen molar-refractivity contribution in [3.8, 4) is 11.8 Å². The van der Waals surface area contributed by atoms with Gasteiger partial charge in [-0.05, 0) is 36.4 Å². The molecule has 0 aliphatic carbocycles. The third-order valence-corrected chi connectivity index (χ3v) is 2.94. The molecule has 0 N–H and O–H groups in total. The number of hydrogen-bond acceptors (Lipinski definition) is 3. The Bertz CT molecular complexity index is 648. The lowest BCUT2D eigenvalue weighted by molar-refractivity contribution is 0.0601. The number of hydrogen-bond donors (Lipinski definition) is 1. The normalized spacial score (nSPS) is 9.37. The number of carbonyl (C=O) groups is 1. The highest BCUT2D eigenvalue weighted by Crippen LogP contribution is 2.11. The van der Waals surface area contributed by atoms with Gasteiger partial charge in [-0.15, -0.1) is 12.6 Å². The van der Waals surface area contributed by atoms with Crippen LogP contribution >= 0.6 is 12.6 Å². The fourth-order valence-electron chi connectivity index (χ4n) is 1.53. The van der Waals surface area contributed by atoms with E-state index < -0.39 is 0 Å². The van der Waals surface area contributed by atoms with Crippen LogP contribution in [-0.2, 0) is 4.74 Å². The van der Waals surface area contributed by atoms with Gasteiger partial charge in [-0.25, -0.2) is 4.79 Å². The Balaban J connectivity index is 2.22. The van der Waals surface area contributed by atoms with E-state index in [0.717, 1.165) is 16.0 Å². The minimum Gasteiger partial charge on any atom is -0.465 e. The highest BCUT2D eigenvalue weighted by molar-refractivity contribution is 7.80. The largest absolute Gasteiger partial charge is 0.465 e. The van der Waals surface area contributed by atoms with E-state index in [0.29, 0.717) is 5.56 Å². The zero-order chi connectivity index (χ0) is 13.7. The van der Waals surface area contributed by atoms with E-state index in [1.807, 2.05) is 24.3 Å². The molecule has 0 aromatic heterocycles. The maximum atomic E-state index is 11.3. The van der Waals surface area contributed by atoms with Crippen LogP contribution in [0.3, 0.4) is 0 Å². The Morgan fingerprint density at radius 3 is 2.37 bits per heavy atom. The Labute approximate surface area is 117 Å². The molecular formula is C16H12O2S. The average Bonchev–Trinajstić information content (AvgIpc) is 2.46. The van der Waals surface area contributed by atoms with Crippen LogP contribution in [0, 0.1) is 11.8 Å². The van der Waals surface area contributed by atoms with Crippen LogP contribution in [-0.4, -0.2) is 13.1 Å². The molecule has 0 fully saturated rings. The standard InChI is InChI=1S/C16H12O2S/c1-18-16(17)14-10-7-12(8-11-14)6-9-13-4-2-3-5-15(13)19/h2-5,7-8,10-11,19H,1H3. The van der Waals surface area contributed by atoms with Crippen LogP contribution < -0.4 is 0 Å². The van der Waals surface area contributed by atoms with Gasteiger partial charge in [0.25, 0.3) is 0 Å². The molecule has 0 atom stereocenters. The summed E-state index contributed by atoms with van der Waals surface area (Å²) >= 11 is 4.34. The van der Waals surface area contributed by atoms with Gasteiger partial charge in [-0.3, -0.25) is 0 Å². The van der Waals surface area contributed by atoms with Gasteiger partial charge < -0.3 is 4.74 Å². The summed E-state index contributed by atoms with van der Waals surface area (Å²) in [6.07, 6.45) is 0. The second-order valence-corrected chi connectivity index (χ2v) is 4.32. The number of esters is 1. The Morgan fingerprint density at radius 1 is 1.05 bits per heavy atom. The fraction of sp³-hybridized carbons (Fsp3) is 0.0625. The zero-order valence-electron chi connectivity index (χ0n) is 10.4. The molecule has 3 heteroatoms. The molecule has 0 heterocycles. The third-order valence-electron chi connectivity index (χ3n) is 2.55. The Kier molecular flexibility index (Phi) is 4.27. The lowest BCUT2D eigenvalue weighted by Gasteiger charge is -1.98. The third kappa shape index (κ3) is 3.40. The zero-order valence-corrected chi connectivity index (χ0v) is 11.3. The van der Waals surface area contributed by atoms with Crippen molar-refractivity contribution in [1.82, 2.24) is 0 Å². The van der Waals surface area contributed by atoms with E-state index in [2.05, 4.69) is 29.2 Å². The van der Waals surface area contributed by atoms with Crippen molar-refractivity contribution >= 4 is 18.6 Å². The molecule has 94 valence electrons. The molecule has 0 aliphatic heterocycles. The summed E-state index contributed by atoms with van der Waals surface area (Å²) in [4.78, 5) is 12.1. The highest BCUT2D eigenvalue weighted by Gasteiger charge is 2.03. The van der Waals surface area contributed by atoms with E-state index >= 15 is 0 Å². The van der Waals surface area contributed by atoms with Crippen molar-refractivity contribution in [1.29, 1.82) is 0 Å². The highest BCUT2D eigenvalue weighted by atomic mass is 32.1. The van der Waals surface area contributed by atoms with Gasteiger partial charge in [0.05, 0.1) is 12.7 Å². The summed E-state index contributed by atoms with van der Waals surface area (Å²) in [6.45, 7) is 0. The second kappa shape index (κ2) is 6.12. The number of rotatable bonds is 1. The van der Waals surface area contributed by atoms with Crippen LogP contribution in [0.5, 0.6) is 0 Å². The number of ether oxygens (including phenoxy) is 1. The summed E-state index contributed by atoms with van der Waals surface area (Å²) in [7, 11) is 1.36. The van der Waals surface area contributed by atoms with Crippen molar-refractivity contribution < 1.29 is 9.53 Å². The summed E-state index contributed by atoms with van der Waals surface area (Å²) < 4.78 is 4.64. The molecule has 2 nitrogen and oxygen atoms in total. The van der Waals surface area contributed by atoms with Gasteiger partial charge in [0.1, 0.15) is 0 Å². The van der Waals surface area contributed by atoms with Gasteiger partial charge in [-0.2, -0.15) is 0 Å². The minimum atomic E-state index is -0.347. The molecule has 2 aromatic rings. The molecule has 0 saturated heterocycles. The molecule has 0 unspecified atom stereocenters. The molecular weight excluding hydrogens is 256 g/mol. The first kappa shape index (κ1) is 13.3. The Hall–Kier alpha value is -2.18. The van der Waals surface area contributed by atoms with Crippen LogP contribution in [0.2, 0.25) is 0 Å². The lowest BCUT2D eigenvalue weighted by atomic mass is 10.1. The van der Waals surface area contributed by atoms with E-state index in [-0.39, 0.29) is 5.97 Å². The van der Waals surface area contributed by atoms with Crippen LogP contribution in [0.1, 0.15) is 21.5 Å². The molecule has 0 amide bonds.